The van der Waals surface area contributed by atoms with Crippen LogP contribution in [-0.4, -0.2) is 27.8 Å². The highest BCUT2D eigenvalue weighted by atomic mass is 32.1. The third-order valence-electron chi connectivity index (χ3n) is 3.08. The molecule has 3 aromatic heterocycles. The van der Waals surface area contributed by atoms with Crippen LogP contribution in [-0.2, 0) is 6.54 Å². The quantitative estimate of drug-likeness (QED) is 0.799. The normalized spacial score (nSPS) is 10.6. The van der Waals surface area contributed by atoms with E-state index in [1.54, 1.807) is 35.8 Å². The summed E-state index contributed by atoms with van der Waals surface area (Å²) in [6.45, 7) is 0.370. The maximum Gasteiger partial charge on any atom is 0.260 e. The molecular weight excluding hydrogens is 318 g/mol. The first-order chi connectivity index (χ1) is 10.6. The number of aromatic amines is 1. The van der Waals surface area contributed by atoms with Gasteiger partial charge in [0.05, 0.1) is 17.1 Å². The van der Waals surface area contributed by atoms with Crippen molar-refractivity contribution >= 4 is 28.6 Å². The monoisotopic (exact) mass is 331 g/mol. The molecule has 3 heterocycles. The first-order valence-electron chi connectivity index (χ1n) is 6.56. The zero-order valence-corrected chi connectivity index (χ0v) is 13.4. The number of hydrogen-bond donors (Lipinski definition) is 1. The molecule has 112 valence electrons. The van der Waals surface area contributed by atoms with Gasteiger partial charge in [0.15, 0.2) is 0 Å². The van der Waals surface area contributed by atoms with Gasteiger partial charge in [-0.25, -0.2) is 4.98 Å². The van der Waals surface area contributed by atoms with Gasteiger partial charge in [-0.3, -0.25) is 9.59 Å². The lowest BCUT2D eigenvalue weighted by Gasteiger charge is -2.15. The molecule has 0 aliphatic rings. The van der Waals surface area contributed by atoms with Gasteiger partial charge in [-0.2, -0.15) is 0 Å². The summed E-state index contributed by atoms with van der Waals surface area (Å²) in [7, 11) is 1.67. The lowest BCUT2D eigenvalue weighted by Crippen LogP contribution is -2.31. The van der Waals surface area contributed by atoms with E-state index in [0.717, 1.165) is 15.6 Å². The zero-order valence-electron chi connectivity index (χ0n) is 11.8. The number of carbonyl (C=O) groups excluding carboxylic acids is 1. The summed E-state index contributed by atoms with van der Waals surface area (Å²) in [6.07, 6.45) is 1.51. The first kappa shape index (κ1) is 14.7. The third-order valence-corrected chi connectivity index (χ3v) is 5.01. The number of nitrogens with one attached hydrogen (secondary N) is 1. The van der Waals surface area contributed by atoms with Crippen LogP contribution in [0, 0.1) is 0 Å². The van der Waals surface area contributed by atoms with Crippen LogP contribution in [0.1, 0.15) is 16.1 Å². The Balaban J connectivity index is 1.75. The predicted octanol–water partition coefficient (Wildman–Crippen LogP) is 2.83. The number of thiophene rings is 1. The number of amides is 1. The van der Waals surface area contributed by atoms with E-state index in [0.29, 0.717) is 6.54 Å². The lowest BCUT2D eigenvalue weighted by atomic mass is 10.2. The van der Waals surface area contributed by atoms with E-state index in [2.05, 4.69) is 9.97 Å². The van der Waals surface area contributed by atoms with Gasteiger partial charge in [0.1, 0.15) is 10.6 Å². The molecule has 0 unspecified atom stereocenters. The fraction of sp³-hybridized carbons (Fsp3) is 0.133. The Morgan fingerprint density at radius 2 is 2.18 bits per heavy atom. The number of nitrogens with zero attached hydrogens (tertiary/aromatic N) is 2. The summed E-state index contributed by atoms with van der Waals surface area (Å²) in [5.41, 5.74) is 0.576. The van der Waals surface area contributed by atoms with Crippen LogP contribution in [0.25, 0.3) is 9.88 Å². The van der Waals surface area contributed by atoms with Crippen LogP contribution in [0.15, 0.2) is 46.0 Å². The molecule has 0 bridgehead atoms. The van der Waals surface area contributed by atoms with Crippen molar-refractivity contribution < 1.29 is 4.79 Å². The van der Waals surface area contributed by atoms with Crippen LogP contribution in [0.4, 0.5) is 0 Å². The molecule has 0 aliphatic heterocycles. The van der Waals surface area contributed by atoms with Crippen LogP contribution in [0.5, 0.6) is 0 Å². The van der Waals surface area contributed by atoms with E-state index in [-0.39, 0.29) is 17.0 Å². The van der Waals surface area contributed by atoms with E-state index in [1.165, 1.54) is 17.2 Å². The van der Waals surface area contributed by atoms with E-state index in [4.69, 9.17) is 0 Å². The van der Waals surface area contributed by atoms with E-state index in [1.807, 2.05) is 22.9 Å². The molecule has 3 rings (SSSR count). The van der Waals surface area contributed by atoms with E-state index >= 15 is 0 Å². The molecule has 0 saturated carbocycles. The Kier molecular flexibility index (Phi) is 4.17. The van der Waals surface area contributed by atoms with Crippen LogP contribution in [0.3, 0.4) is 0 Å². The van der Waals surface area contributed by atoms with Crippen LogP contribution in [0.2, 0.25) is 0 Å². The summed E-state index contributed by atoms with van der Waals surface area (Å²) in [5.74, 6) is -0.312. The highest BCUT2D eigenvalue weighted by Crippen LogP contribution is 2.28. The van der Waals surface area contributed by atoms with Gasteiger partial charge in [-0.15, -0.1) is 22.7 Å². The summed E-state index contributed by atoms with van der Waals surface area (Å²) in [5, 5.41) is 4.89. The minimum Gasteiger partial charge on any atom is -0.336 e. The van der Waals surface area contributed by atoms with Crippen LogP contribution < -0.4 is 5.56 Å². The topological polar surface area (TPSA) is 66.1 Å². The summed E-state index contributed by atoms with van der Waals surface area (Å²) < 4.78 is 0. The van der Waals surface area contributed by atoms with Crippen molar-refractivity contribution in [2.75, 3.05) is 7.05 Å². The Hall–Kier alpha value is -2.25. The zero-order chi connectivity index (χ0) is 15.5. The molecule has 0 spiro atoms. The van der Waals surface area contributed by atoms with Gasteiger partial charge >= 0.3 is 0 Å². The van der Waals surface area contributed by atoms with Crippen molar-refractivity contribution in [3.63, 3.8) is 0 Å². The fourth-order valence-corrected chi connectivity index (χ4v) is 3.63. The number of carbonyl (C=O) groups is 1. The molecule has 0 radical (unpaired) electrons. The smallest absolute Gasteiger partial charge is 0.260 e. The minimum absolute atomic E-state index is 0.138. The van der Waals surface area contributed by atoms with Crippen LogP contribution >= 0.6 is 22.7 Å². The van der Waals surface area contributed by atoms with Gasteiger partial charge in [-0.05, 0) is 23.6 Å². The van der Waals surface area contributed by atoms with Crippen molar-refractivity contribution in [2.45, 2.75) is 6.54 Å². The third kappa shape index (κ3) is 3.00. The molecule has 7 heteroatoms. The molecule has 22 heavy (non-hydrogen) atoms. The fourth-order valence-electron chi connectivity index (χ4n) is 2.00. The number of pyridine rings is 1. The van der Waals surface area contributed by atoms with Gasteiger partial charge in [0.25, 0.3) is 11.5 Å². The molecule has 0 saturated heterocycles. The molecule has 3 aromatic rings. The number of H-pyrrole nitrogens is 1. The standard InChI is InChI=1S/C15H13N3O2S2/c1-18(15(20)11-4-2-6-16-13(11)19)8-10-9-22-14(17-10)12-5-3-7-21-12/h2-7,9H,8H2,1H3,(H,16,19). The van der Waals surface area contributed by atoms with Crippen molar-refractivity contribution in [3.8, 4) is 9.88 Å². The van der Waals surface area contributed by atoms with Crippen molar-refractivity contribution in [1.29, 1.82) is 0 Å². The number of rotatable bonds is 4. The average molecular weight is 331 g/mol. The molecule has 1 N–H and O–H groups in total. The molecule has 0 atom stereocenters. The Bertz CT molecular complexity index is 836. The van der Waals surface area contributed by atoms with Crippen molar-refractivity contribution in [1.82, 2.24) is 14.9 Å². The molecular formula is C15H13N3O2S2. The second-order valence-corrected chi connectivity index (χ2v) is 6.50. The molecule has 5 nitrogen and oxygen atoms in total. The Morgan fingerprint density at radius 1 is 1.32 bits per heavy atom. The number of hydrogen-bond acceptors (Lipinski definition) is 5. The predicted molar refractivity (Wildman–Crippen MR) is 88.3 cm³/mol. The van der Waals surface area contributed by atoms with Gasteiger partial charge in [0.2, 0.25) is 0 Å². The van der Waals surface area contributed by atoms with Crippen molar-refractivity contribution in [2.24, 2.45) is 0 Å². The summed E-state index contributed by atoms with van der Waals surface area (Å²) >= 11 is 3.19. The summed E-state index contributed by atoms with van der Waals surface area (Å²) in [4.78, 5) is 33.6. The highest BCUT2D eigenvalue weighted by Gasteiger charge is 2.16. The largest absolute Gasteiger partial charge is 0.336 e. The minimum atomic E-state index is -0.378. The maximum absolute atomic E-state index is 12.3. The number of aromatic nitrogens is 2. The van der Waals surface area contributed by atoms with Gasteiger partial charge in [0, 0.05) is 18.6 Å². The highest BCUT2D eigenvalue weighted by molar-refractivity contribution is 7.20. The first-order valence-corrected chi connectivity index (χ1v) is 8.32. The average Bonchev–Trinajstić information content (AvgIpc) is 3.17. The van der Waals surface area contributed by atoms with Gasteiger partial charge < -0.3 is 9.88 Å². The molecule has 0 aliphatic carbocycles. The molecule has 0 fully saturated rings. The lowest BCUT2D eigenvalue weighted by molar-refractivity contribution is 0.0782. The maximum atomic E-state index is 12.3. The Labute approximate surface area is 134 Å². The van der Waals surface area contributed by atoms with E-state index in [9.17, 15) is 9.59 Å². The SMILES string of the molecule is CN(Cc1csc(-c2cccs2)n1)C(=O)c1ccc[nH]c1=O. The van der Waals surface area contributed by atoms with Crippen molar-refractivity contribution in [3.05, 3.63) is 62.8 Å². The van der Waals surface area contributed by atoms with E-state index < -0.39 is 0 Å². The molecule has 0 aromatic carbocycles. The summed E-state index contributed by atoms with van der Waals surface area (Å²) in [6, 6.07) is 7.17. The molecule has 1 amide bonds. The number of thiazole rings is 1. The second kappa shape index (κ2) is 6.25. The second-order valence-electron chi connectivity index (χ2n) is 4.70. The Morgan fingerprint density at radius 3 is 2.91 bits per heavy atom. The van der Waals surface area contributed by atoms with Gasteiger partial charge in [-0.1, -0.05) is 6.07 Å².